The molecule has 0 saturated heterocycles. The van der Waals surface area contributed by atoms with Gasteiger partial charge in [0, 0.05) is 59.6 Å². The highest BCUT2D eigenvalue weighted by Crippen LogP contribution is 2.68. The Balaban J connectivity index is 1.09. The molecule has 3 aromatic carbocycles. The number of amides is 1. The van der Waals surface area contributed by atoms with Crippen molar-refractivity contribution in [2.24, 2.45) is 16.9 Å². The summed E-state index contributed by atoms with van der Waals surface area (Å²) in [5, 5.41) is 13.3. The van der Waals surface area contributed by atoms with Crippen LogP contribution in [0.15, 0.2) is 87.9 Å². The Morgan fingerprint density at radius 1 is 1.06 bits per heavy atom. The molecule has 2 aliphatic heterocycles. The van der Waals surface area contributed by atoms with Gasteiger partial charge in [-0.05, 0) is 83.6 Å². The number of hydrogen-bond acceptors (Lipinski definition) is 10. The molecule has 1 amide bonds. The van der Waals surface area contributed by atoms with Crippen LogP contribution in [0.5, 0.6) is 5.75 Å². The molecule has 3 aliphatic carbocycles. The second-order valence-electron chi connectivity index (χ2n) is 17.5. The van der Waals surface area contributed by atoms with Crippen molar-refractivity contribution < 1.29 is 44.3 Å². The Bertz CT molecular complexity index is 3440. The predicted molar refractivity (Wildman–Crippen MR) is 237 cm³/mol. The molecule has 5 heterocycles. The maximum Gasteiger partial charge on any atom is 0.293 e. The lowest BCUT2D eigenvalue weighted by molar-refractivity contribution is -0.123. The number of ether oxygens (including phenoxy) is 1. The third-order valence-corrected chi connectivity index (χ3v) is 14.0. The van der Waals surface area contributed by atoms with E-state index in [-0.39, 0.29) is 50.8 Å². The van der Waals surface area contributed by atoms with Crippen molar-refractivity contribution in [2.75, 3.05) is 19.9 Å². The Morgan fingerprint density at radius 3 is 2.59 bits per heavy atom. The second kappa shape index (κ2) is 15.7. The zero-order valence-corrected chi connectivity index (χ0v) is 37.2. The van der Waals surface area contributed by atoms with Gasteiger partial charge in [0.15, 0.2) is 0 Å². The van der Waals surface area contributed by atoms with Crippen molar-refractivity contribution >= 4 is 60.9 Å². The van der Waals surface area contributed by atoms with E-state index in [1.807, 2.05) is 18.2 Å². The number of hydrazone groups is 1. The minimum Gasteiger partial charge on any atom is -0.493 e. The molecule has 68 heavy (non-hydrogen) atoms. The molecule has 6 aromatic rings. The molecule has 0 spiro atoms. The normalized spacial score (nSPS) is 21.4. The van der Waals surface area contributed by atoms with Crippen molar-refractivity contribution in [1.29, 1.82) is 0 Å². The number of pyridine rings is 1. The third-order valence-electron chi connectivity index (χ3n) is 13.1. The average Bonchev–Trinajstić information content (AvgIpc) is 3.81. The van der Waals surface area contributed by atoms with Gasteiger partial charge in [-0.1, -0.05) is 17.7 Å². The lowest BCUT2D eigenvalue weighted by atomic mass is 9.91. The van der Waals surface area contributed by atoms with Crippen molar-refractivity contribution in [3.05, 3.63) is 134 Å². The van der Waals surface area contributed by atoms with E-state index in [1.165, 1.54) is 28.8 Å². The maximum atomic E-state index is 15.7. The smallest absolute Gasteiger partial charge is 0.293 e. The summed E-state index contributed by atoms with van der Waals surface area (Å²) < 4.78 is 125. The van der Waals surface area contributed by atoms with Crippen molar-refractivity contribution in [1.82, 2.24) is 39.4 Å². The molecule has 350 valence electrons. The summed E-state index contributed by atoms with van der Waals surface area (Å²) in [7, 11) is -2.37. The van der Waals surface area contributed by atoms with Gasteiger partial charge in [0.2, 0.25) is 15.9 Å². The number of likely N-dealkylation sites (N-methyl/N-ethyl adjacent to an activating group) is 1. The highest BCUT2D eigenvalue weighted by molar-refractivity contribution is 7.89. The van der Waals surface area contributed by atoms with E-state index in [9.17, 15) is 30.8 Å². The number of rotatable bonds is 10. The minimum atomic E-state index is -3.90. The number of sulfonamides is 1. The van der Waals surface area contributed by atoms with Gasteiger partial charge < -0.3 is 10.1 Å². The molecule has 0 bridgehead atoms. The number of carbonyl (C=O) groups is 1. The minimum absolute atomic E-state index is 0.00556. The van der Waals surface area contributed by atoms with Crippen LogP contribution in [0.1, 0.15) is 58.7 Å². The molecule has 2 N–H and O–H groups in total. The molecule has 2 unspecified atom stereocenters. The average molecular weight is 976 g/mol. The van der Waals surface area contributed by atoms with Crippen LogP contribution in [0.2, 0.25) is 0 Å². The number of benzene rings is 3. The van der Waals surface area contributed by atoms with Crippen LogP contribution in [0, 0.1) is 23.5 Å². The monoisotopic (exact) mass is 975 g/mol. The summed E-state index contributed by atoms with van der Waals surface area (Å²) >= 11 is 6.74. The maximum absolute atomic E-state index is 15.7. The predicted octanol–water partition coefficient (Wildman–Crippen LogP) is 7.04. The quantitative estimate of drug-likeness (QED) is 0.137. The Hall–Kier alpha value is -6.74. The van der Waals surface area contributed by atoms with E-state index in [4.69, 9.17) is 21.3 Å². The first-order valence-corrected chi connectivity index (χ1v) is 23.6. The number of alkyl halides is 4. The number of nitrogens with one attached hydrogen (secondary N) is 2. The number of carbonyl (C=O) groups excluding carboxylic acids is 1. The first-order chi connectivity index (χ1) is 32.4. The molecule has 0 radical (unpaired) electrons. The van der Waals surface area contributed by atoms with Crippen molar-refractivity contribution in [2.45, 2.75) is 56.2 Å². The van der Waals surface area contributed by atoms with Crippen LogP contribution in [0.4, 0.5) is 26.3 Å². The van der Waals surface area contributed by atoms with Gasteiger partial charge in [0.25, 0.3) is 17.9 Å². The third kappa shape index (κ3) is 7.19. The van der Waals surface area contributed by atoms with Gasteiger partial charge in [-0.25, -0.2) is 31.0 Å². The van der Waals surface area contributed by atoms with Crippen LogP contribution >= 0.6 is 11.6 Å². The number of halogens is 7. The molecule has 5 aliphatic rings. The summed E-state index contributed by atoms with van der Waals surface area (Å²) in [4.78, 5) is 39.3. The first kappa shape index (κ1) is 43.8. The molecule has 11 rings (SSSR count). The van der Waals surface area contributed by atoms with Gasteiger partial charge in [-0.3, -0.25) is 33.6 Å². The number of aromatic nitrogens is 5. The molecule has 22 heteroatoms. The fourth-order valence-electron chi connectivity index (χ4n) is 10.3. The van der Waals surface area contributed by atoms with Crippen LogP contribution in [0.25, 0.3) is 38.6 Å². The van der Waals surface area contributed by atoms with E-state index in [2.05, 4.69) is 25.2 Å². The van der Waals surface area contributed by atoms with Crippen molar-refractivity contribution in [3.8, 4) is 16.9 Å². The van der Waals surface area contributed by atoms with Crippen LogP contribution in [-0.2, 0) is 40.1 Å². The van der Waals surface area contributed by atoms with E-state index in [0.717, 1.165) is 29.3 Å². The summed E-state index contributed by atoms with van der Waals surface area (Å²) in [6, 6.07) is 10.6. The fraction of sp³-hybridized carbons (Fsp3) is 0.304. The number of nitrogens with zero attached hydrogens (tertiary/aromatic N) is 7. The van der Waals surface area contributed by atoms with Gasteiger partial charge in [0.1, 0.15) is 53.0 Å². The van der Waals surface area contributed by atoms with Crippen LogP contribution in [-0.4, -0.2) is 75.4 Å². The number of hydrogen-bond donors (Lipinski definition) is 2. The molecule has 14 nitrogen and oxygen atoms in total. The lowest BCUT2D eigenvalue weighted by Gasteiger charge is -2.33. The largest absolute Gasteiger partial charge is 0.493 e. The highest BCUT2D eigenvalue weighted by atomic mass is 35.5. The first-order valence-electron chi connectivity index (χ1n) is 21.3. The van der Waals surface area contributed by atoms with Gasteiger partial charge in [0.05, 0.1) is 46.9 Å². The highest BCUT2D eigenvalue weighted by Gasteiger charge is 2.67. The molecular formula is C46H36ClF6N9O5S. The fourth-order valence-corrected chi connectivity index (χ4v) is 11.1. The molecule has 1 fully saturated rings. The zero-order valence-electron chi connectivity index (χ0n) is 35.7. The lowest BCUT2D eigenvalue weighted by Crippen LogP contribution is -2.44. The van der Waals surface area contributed by atoms with Gasteiger partial charge in [-0.15, -0.1) is 0 Å². The SMILES string of the molecule is CN1N=C(NS(C)(=O)=O)C2C(Cl)=CC=C(n3c([C@H](Cc4cc(F)cc(F)c4)NC(=O)Cn4nc(C(F)F)c5c4C(F)(F)[C@@H]4C[C@H]54)nc4cc(-c5ccc6c7c(ccnc57)CCO6)ccc4c3=O)C21. The number of amidine groups is 1. The molecule has 5 atom stereocenters. The topological polar surface area (TPSA) is 166 Å². The summed E-state index contributed by atoms with van der Waals surface area (Å²) in [6.07, 6.45) is 2.53. The van der Waals surface area contributed by atoms with Crippen LogP contribution < -0.4 is 20.3 Å². The second-order valence-corrected chi connectivity index (χ2v) is 19.7. The Labute approximate surface area is 387 Å². The van der Waals surface area contributed by atoms with Crippen LogP contribution in [0.3, 0.4) is 0 Å². The van der Waals surface area contributed by atoms with E-state index < -0.39 is 99.7 Å². The number of fused-ring (bicyclic) bond motifs is 5. The number of allylic oxidation sites excluding steroid dienone is 2. The van der Waals surface area contributed by atoms with E-state index in [0.29, 0.717) is 46.2 Å². The molecule has 3 aromatic heterocycles. The Morgan fingerprint density at radius 2 is 1.84 bits per heavy atom. The summed E-state index contributed by atoms with van der Waals surface area (Å²) in [5.41, 5.74) is 0.497. The molecule has 1 saturated carbocycles. The standard InChI is InChI=1S/C46H36ClF6N9O5S/c1-60-40-32(7-6-29(47)37(40)43(58-60)59-68(2,65)66)62-44(56-30-16-22(3-4-26(30)45(62)64)25-5-8-33-35-21(10-12-67-33)9-11-54-38(25)35)31(15-20-13-23(48)17-24(49)14-20)55-34(63)19-61-41-36(39(57-61)42(50)51)27-18-28(27)46(41,52)53/h3-9,11,13-14,16-17,27-28,31,37,40,42H,10,12,15,18-19H2,1-2H3,(H,55,63)(H,58,59)/t27-,28+,31-,37?,40?/m0/s1. The van der Waals surface area contributed by atoms with Gasteiger partial charge in [-0.2, -0.15) is 19.0 Å². The van der Waals surface area contributed by atoms with E-state index >= 15 is 13.6 Å². The zero-order chi connectivity index (χ0) is 47.7. The summed E-state index contributed by atoms with van der Waals surface area (Å²) in [6.45, 7) is -0.489. The van der Waals surface area contributed by atoms with E-state index in [1.54, 1.807) is 24.4 Å². The Kier molecular flexibility index (Phi) is 10.1. The van der Waals surface area contributed by atoms with Crippen molar-refractivity contribution in [3.63, 3.8) is 0 Å². The van der Waals surface area contributed by atoms with Gasteiger partial charge >= 0.3 is 0 Å². The molecular weight excluding hydrogens is 940 g/mol. The summed E-state index contributed by atoms with van der Waals surface area (Å²) in [5.74, 6) is -9.20.